The van der Waals surface area contributed by atoms with Crippen molar-refractivity contribution in [2.45, 2.75) is 20.3 Å². The molecule has 0 fully saturated rings. The van der Waals surface area contributed by atoms with Gasteiger partial charge < -0.3 is 0 Å². The minimum Gasteiger partial charge on any atom is -0.192 e. The summed E-state index contributed by atoms with van der Waals surface area (Å²) in [6, 6.07) is 7.32. The molecule has 1 nitrogen and oxygen atoms in total. The van der Waals surface area contributed by atoms with Crippen molar-refractivity contribution < 1.29 is 0 Å². The van der Waals surface area contributed by atoms with E-state index in [4.69, 9.17) is 16.9 Å². The molecule has 0 amide bonds. The zero-order valence-corrected chi connectivity index (χ0v) is 9.30. The lowest BCUT2D eigenvalue weighted by molar-refractivity contribution is 1.23. The molecule has 0 heterocycles. The second-order valence-corrected chi connectivity index (χ2v) is 3.20. The van der Waals surface area contributed by atoms with E-state index in [1.165, 1.54) is 0 Å². The van der Waals surface area contributed by atoms with Gasteiger partial charge in [-0.2, -0.15) is 5.26 Å². The third-order valence-corrected chi connectivity index (χ3v) is 1.84. The first-order chi connectivity index (χ1) is 6.65. The normalized spacial score (nSPS) is 8.14. The Kier molecular flexibility index (Phi) is 6.53. The van der Waals surface area contributed by atoms with Gasteiger partial charge in [0.15, 0.2) is 0 Å². The molecule has 0 aromatic heterocycles. The predicted molar refractivity (Wildman–Crippen MR) is 61.4 cm³/mol. The summed E-state index contributed by atoms with van der Waals surface area (Å²) in [5, 5.41) is 9.15. The molecule has 0 spiro atoms. The van der Waals surface area contributed by atoms with Crippen molar-refractivity contribution in [3.05, 3.63) is 47.0 Å². The van der Waals surface area contributed by atoms with Gasteiger partial charge in [-0.25, -0.2) is 0 Å². The highest BCUT2D eigenvalue weighted by Crippen LogP contribution is 2.13. The highest BCUT2D eigenvalue weighted by atomic mass is 35.5. The van der Waals surface area contributed by atoms with Crippen LogP contribution in [0.1, 0.15) is 24.5 Å². The molecule has 74 valence electrons. The average Bonchev–Trinajstić information content (AvgIpc) is 2.22. The number of allylic oxidation sites excluding steroid dienone is 1. The van der Waals surface area contributed by atoms with E-state index in [1.807, 2.05) is 19.1 Å². The summed E-state index contributed by atoms with van der Waals surface area (Å²) in [7, 11) is 0. The van der Waals surface area contributed by atoms with E-state index in [2.05, 4.69) is 19.6 Å². The Bertz CT molecular complexity index is 337. The topological polar surface area (TPSA) is 23.8 Å². The minimum absolute atomic E-state index is 0.613. The molecule has 0 aliphatic carbocycles. The summed E-state index contributed by atoms with van der Waals surface area (Å²) in [5.74, 6) is 0. The van der Waals surface area contributed by atoms with Crippen LogP contribution < -0.4 is 0 Å². The number of benzene rings is 1. The molecule has 14 heavy (non-hydrogen) atoms. The van der Waals surface area contributed by atoms with Crippen molar-refractivity contribution in [3.8, 4) is 6.07 Å². The monoisotopic (exact) mass is 207 g/mol. The van der Waals surface area contributed by atoms with Gasteiger partial charge in [0.25, 0.3) is 0 Å². The molecule has 0 aliphatic rings. The number of hydrogen-bond donors (Lipinski definition) is 0. The highest BCUT2D eigenvalue weighted by Gasteiger charge is 1.95. The van der Waals surface area contributed by atoms with Crippen LogP contribution in [0, 0.1) is 18.3 Å². The summed E-state index contributed by atoms with van der Waals surface area (Å²) in [6.07, 6.45) is 2.96. The van der Waals surface area contributed by atoms with E-state index in [0.29, 0.717) is 10.6 Å². The predicted octanol–water partition coefficient (Wildman–Crippen LogP) is 4.10. The summed E-state index contributed by atoms with van der Waals surface area (Å²) in [5.41, 5.74) is 1.61. The first-order valence-corrected chi connectivity index (χ1v) is 4.80. The lowest BCUT2D eigenvalue weighted by Crippen LogP contribution is -1.79. The number of nitriles is 1. The molecule has 1 rings (SSSR count). The zero-order valence-electron chi connectivity index (χ0n) is 8.55. The van der Waals surface area contributed by atoms with E-state index in [1.54, 1.807) is 12.1 Å². The van der Waals surface area contributed by atoms with Gasteiger partial charge in [-0.3, -0.25) is 0 Å². The van der Waals surface area contributed by atoms with Crippen molar-refractivity contribution in [3.63, 3.8) is 0 Å². The fraction of sp³-hybridized carbons (Fsp3) is 0.250. The highest BCUT2D eigenvalue weighted by molar-refractivity contribution is 6.30. The third-order valence-electron chi connectivity index (χ3n) is 1.61. The van der Waals surface area contributed by atoms with Crippen LogP contribution in [0.25, 0.3) is 0 Å². The van der Waals surface area contributed by atoms with Crippen LogP contribution >= 0.6 is 11.6 Å². The largest absolute Gasteiger partial charge is 0.192 e. The molecular weight excluding hydrogens is 194 g/mol. The maximum absolute atomic E-state index is 8.53. The molecule has 0 radical (unpaired) electrons. The quantitative estimate of drug-likeness (QED) is 0.636. The van der Waals surface area contributed by atoms with Gasteiger partial charge in [-0.15, -0.1) is 6.58 Å². The number of aryl methyl sites for hydroxylation is 1. The smallest absolute Gasteiger partial charge is 0.0994 e. The molecule has 0 saturated heterocycles. The Morgan fingerprint density at radius 3 is 2.50 bits per heavy atom. The van der Waals surface area contributed by atoms with Crippen LogP contribution in [0.2, 0.25) is 5.02 Å². The molecule has 1 aromatic carbocycles. The van der Waals surface area contributed by atoms with Crippen LogP contribution in [-0.4, -0.2) is 0 Å². The van der Waals surface area contributed by atoms with Gasteiger partial charge in [0.05, 0.1) is 11.6 Å². The first-order valence-electron chi connectivity index (χ1n) is 4.42. The Labute approximate surface area is 90.6 Å². The maximum Gasteiger partial charge on any atom is 0.0994 e. The number of nitrogens with zero attached hydrogens (tertiary/aromatic N) is 1. The van der Waals surface area contributed by atoms with Crippen molar-refractivity contribution in [2.24, 2.45) is 0 Å². The fourth-order valence-corrected chi connectivity index (χ4v) is 0.887. The Morgan fingerprint density at radius 2 is 2.14 bits per heavy atom. The first kappa shape index (κ1) is 12.7. The van der Waals surface area contributed by atoms with Crippen LogP contribution in [0.4, 0.5) is 0 Å². The molecule has 0 atom stereocenters. The van der Waals surface area contributed by atoms with Gasteiger partial charge in [0, 0.05) is 5.02 Å². The summed E-state index contributed by atoms with van der Waals surface area (Å²) in [6.45, 7) is 7.43. The van der Waals surface area contributed by atoms with E-state index >= 15 is 0 Å². The Morgan fingerprint density at radius 1 is 1.57 bits per heavy atom. The van der Waals surface area contributed by atoms with Crippen LogP contribution in [0.5, 0.6) is 0 Å². The van der Waals surface area contributed by atoms with Crippen LogP contribution in [-0.2, 0) is 0 Å². The number of halogens is 1. The summed E-state index contributed by atoms with van der Waals surface area (Å²) < 4.78 is 0. The van der Waals surface area contributed by atoms with Crippen molar-refractivity contribution >= 4 is 11.6 Å². The van der Waals surface area contributed by atoms with E-state index < -0.39 is 0 Å². The molecule has 2 heteroatoms. The SMILES string of the molecule is C=CCC.Cc1ccc(Cl)cc1C#N. The lowest BCUT2D eigenvalue weighted by Gasteiger charge is -1.94. The van der Waals surface area contributed by atoms with Crippen LogP contribution in [0.15, 0.2) is 30.9 Å². The number of rotatable bonds is 1. The van der Waals surface area contributed by atoms with Gasteiger partial charge in [0.2, 0.25) is 0 Å². The van der Waals surface area contributed by atoms with Gasteiger partial charge >= 0.3 is 0 Å². The van der Waals surface area contributed by atoms with E-state index in [-0.39, 0.29) is 0 Å². The molecule has 0 N–H and O–H groups in total. The van der Waals surface area contributed by atoms with E-state index in [9.17, 15) is 0 Å². The second kappa shape index (κ2) is 7.17. The molecule has 0 saturated carbocycles. The summed E-state index contributed by atoms with van der Waals surface area (Å²) >= 11 is 5.64. The molecule has 0 bridgehead atoms. The number of hydrogen-bond acceptors (Lipinski definition) is 1. The average molecular weight is 208 g/mol. The van der Waals surface area contributed by atoms with Gasteiger partial charge in [-0.05, 0) is 31.0 Å². The van der Waals surface area contributed by atoms with Crippen molar-refractivity contribution in [2.75, 3.05) is 0 Å². The Balaban J connectivity index is 0.000000364. The maximum atomic E-state index is 8.53. The van der Waals surface area contributed by atoms with Crippen LogP contribution in [0.3, 0.4) is 0 Å². The minimum atomic E-state index is 0.613. The Hall–Kier alpha value is -1.26. The van der Waals surface area contributed by atoms with Crippen molar-refractivity contribution in [1.82, 2.24) is 0 Å². The zero-order chi connectivity index (χ0) is 11.0. The van der Waals surface area contributed by atoms with Gasteiger partial charge in [-0.1, -0.05) is 30.7 Å². The molecule has 0 aliphatic heterocycles. The lowest BCUT2D eigenvalue weighted by atomic mass is 10.1. The standard InChI is InChI=1S/C8H6ClN.C4H8/c1-6-2-3-8(9)4-7(6)5-10;1-3-4-2/h2-4H,1H3;3H,1,4H2,2H3. The van der Waals surface area contributed by atoms with Gasteiger partial charge in [0.1, 0.15) is 0 Å². The van der Waals surface area contributed by atoms with E-state index in [0.717, 1.165) is 12.0 Å². The fourth-order valence-electron chi connectivity index (χ4n) is 0.715. The molecular formula is C12H14ClN. The van der Waals surface area contributed by atoms with Crippen molar-refractivity contribution in [1.29, 1.82) is 5.26 Å². The molecule has 1 aromatic rings. The summed E-state index contributed by atoms with van der Waals surface area (Å²) in [4.78, 5) is 0. The molecule has 0 unspecified atom stereocenters. The third kappa shape index (κ3) is 4.69. The second-order valence-electron chi connectivity index (χ2n) is 2.77.